The van der Waals surface area contributed by atoms with E-state index < -0.39 is 0 Å². The van der Waals surface area contributed by atoms with Gasteiger partial charge in [-0.15, -0.1) is 0 Å². The highest BCUT2D eigenvalue weighted by Gasteiger charge is 2.38. The number of thioether (sulfide) groups is 1. The molecule has 1 N–H and O–H groups in total. The number of nitriles is 1. The van der Waals surface area contributed by atoms with Crippen LogP contribution in [0, 0.1) is 11.3 Å². The highest BCUT2D eigenvalue weighted by Crippen LogP contribution is 2.38. The van der Waals surface area contributed by atoms with Crippen LogP contribution in [0.15, 0.2) is 22.8 Å². The van der Waals surface area contributed by atoms with Crippen LogP contribution in [0.4, 0.5) is 0 Å². The van der Waals surface area contributed by atoms with Crippen LogP contribution in [0.1, 0.15) is 38.4 Å². The van der Waals surface area contributed by atoms with Crippen LogP contribution >= 0.6 is 11.8 Å². The van der Waals surface area contributed by atoms with Crippen molar-refractivity contribution in [1.29, 1.82) is 5.26 Å². The fourth-order valence-electron chi connectivity index (χ4n) is 2.40. The van der Waals surface area contributed by atoms with Crippen molar-refractivity contribution in [3.8, 4) is 6.07 Å². The highest BCUT2D eigenvalue weighted by molar-refractivity contribution is 7.99. The van der Waals surface area contributed by atoms with Gasteiger partial charge in [0.05, 0.1) is 18.1 Å². The topological polar surface area (TPSA) is 49.0 Å². The predicted octanol–water partition coefficient (Wildman–Crippen LogP) is 3.33. The van der Waals surface area contributed by atoms with Crippen molar-refractivity contribution in [1.82, 2.24) is 5.32 Å². The molecule has 0 saturated heterocycles. The summed E-state index contributed by atoms with van der Waals surface area (Å²) in [6, 6.07) is 6.42. The van der Waals surface area contributed by atoms with Gasteiger partial charge in [0, 0.05) is 5.25 Å². The van der Waals surface area contributed by atoms with Gasteiger partial charge in [-0.1, -0.05) is 6.92 Å². The van der Waals surface area contributed by atoms with Crippen molar-refractivity contribution in [3.63, 3.8) is 0 Å². The van der Waals surface area contributed by atoms with Crippen LogP contribution in [-0.4, -0.2) is 17.3 Å². The van der Waals surface area contributed by atoms with E-state index in [4.69, 9.17) is 4.42 Å². The zero-order chi connectivity index (χ0) is 12.8. The Morgan fingerprint density at radius 2 is 2.56 bits per heavy atom. The van der Waals surface area contributed by atoms with Crippen molar-refractivity contribution in [2.45, 2.75) is 49.1 Å². The van der Waals surface area contributed by atoms with Crippen molar-refractivity contribution in [2.75, 3.05) is 6.54 Å². The molecule has 0 aromatic carbocycles. The van der Waals surface area contributed by atoms with E-state index in [0.29, 0.717) is 5.25 Å². The highest BCUT2D eigenvalue weighted by atomic mass is 32.2. The minimum Gasteiger partial charge on any atom is -0.468 e. The Kier molecular flexibility index (Phi) is 4.73. The maximum atomic E-state index is 9.37. The molecule has 1 aromatic heterocycles. The van der Waals surface area contributed by atoms with Crippen LogP contribution < -0.4 is 5.32 Å². The summed E-state index contributed by atoms with van der Waals surface area (Å²) >= 11 is 1.91. The van der Waals surface area contributed by atoms with E-state index in [1.165, 1.54) is 0 Å². The van der Waals surface area contributed by atoms with Gasteiger partial charge < -0.3 is 4.42 Å². The Morgan fingerprint density at radius 3 is 3.22 bits per heavy atom. The summed E-state index contributed by atoms with van der Waals surface area (Å²) in [6.07, 6.45) is 5.84. The Balaban J connectivity index is 1.81. The number of rotatable bonds is 6. The van der Waals surface area contributed by atoms with Gasteiger partial charge in [-0.05, 0) is 44.4 Å². The zero-order valence-corrected chi connectivity index (χ0v) is 11.6. The summed E-state index contributed by atoms with van der Waals surface area (Å²) < 4.78 is 5.34. The van der Waals surface area contributed by atoms with E-state index in [2.05, 4.69) is 18.3 Å². The molecule has 0 aliphatic heterocycles. The lowest BCUT2D eigenvalue weighted by atomic mass is 10.00. The fraction of sp³-hybridized carbons (Fsp3) is 0.643. The van der Waals surface area contributed by atoms with E-state index >= 15 is 0 Å². The standard InChI is InChI=1S/C14H20N2OS/c1-2-7-16-14(11-15)6-5-13(9-14)18-10-12-4-3-8-17-12/h3-4,8,13,16H,2,5-7,9-10H2,1H3. The average Bonchev–Trinajstić information content (AvgIpc) is 3.04. The minimum absolute atomic E-state index is 0.281. The molecule has 1 aliphatic carbocycles. The van der Waals surface area contributed by atoms with Gasteiger partial charge in [-0.25, -0.2) is 0 Å². The van der Waals surface area contributed by atoms with Crippen molar-refractivity contribution in [3.05, 3.63) is 24.2 Å². The quantitative estimate of drug-likeness (QED) is 0.856. The Hall–Kier alpha value is -0.920. The summed E-state index contributed by atoms with van der Waals surface area (Å²) in [7, 11) is 0. The Labute approximate surface area is 113 Å². The van der Waals surface area contributed by atoms with Gasteiger partial charge in [-0.3, -0.25) is 5.32 Å². The summed E-state index contributed by atoms with van der Waals surface area (Å²) in [5, 5.41) is 13.4. The first-order valence-corrected chi connectivity index (χ1v) is 7.63. The number of hydrogen-bond donors (Lipinski definition) is 1. The Morgan fingerprint density at radius 1 is 1.67 bits per heavy atom. The van der Waals surface area contributed by atoms with Crippen molar-refractivity contribution >= 4 is 11.8 Å². The first-order valence-electron chi connectivity index (χ1n) is 6.58. The first-order chi connectivity index (χ1) is 8.78. The van der Waals surface area contributed by atoms with Gasteiger partial charge in [0.25, 0.3) is 0 Å². The summed E-state index contributed by atoms with van der Waals surface area (Å²) in [6.45, 7) is 3.07. The van der Waals surface area contributed by atoms with E-state index in [-0.39, 0.29) is 5.54 Å². The third-order valence-electron chi connectivity index (χ3n) is 3.44. The van der Waals surface area contributed by atoms with Crippen LogP contribution in [-0.2, 0) is 5.75 Å². The summed E-state index contributed by atoms with van der Waals surface area (Å²) in [5.41, 5.74) is -0.281. The van der Waals surface area contributed by atoms with Crippen LogP contribution in [0.3, 0.4) is 0 Å². The van der Waals surface area contributed by atoms with Crippen LogP contribution in [0.2, 0.25) is 0 Å². The lowest BCUT2D eigenvalue weighted by Crippen LogP contribution is -2.42. The molecule has 2 rings (SSSR count). The van der Waals surface area contributed by atoms with Crippen molar-refractivity contribution in [2.24, 2.45) is 0 Å². The lowest BCUT2D eigenvalue weighted by molar-refractivity contribution is 0.424. The molecule has 98 valence electrons. The third-order valence-corrected chi connectivity index (χ3v) is 4.76. The van der Waals surface area contributed by atoms with Crippen LogP contribution in [0.25, 0.3) is 0 Å². The fourth-order valence-corrected chi connectivity index (χ4v) is 3.65. The molecule has 1 heterocycles. The molecular formula is C14H20N2OS. The molecule has 0 radical (unpaired) electrons. The van der Waals surface area contributed by atoms with Gasteiger partial charge in [0.2, 0.25) is 0 Å². The molecule has 1 aliphatic rings. The second kappa shape index (κ2) is 6.31. The summed E-state index contributed by atoms with van der Waals surface area (Å²) in [5.74, 6) is 1.93. The van der Waals surface area contributed by atoms with E-state index in [1.54, 1.807) is 6.26 Å². The molecule has 1 aromatic rings. The lowest BCUT2D eigenvalue weighted by Gasteiger charge is -2.22. The molecule has 1 fully saturated rings. The molecule has 4 heteroatoms. The van der Waals surface area contributed by atoms with E-state index in [9.17, 15) is 5.26 Å². The maximum absolute atomic E-state index is 9.37. The number of nitrogens with zero attached hydrogens (tertiary/aromatic N) is 1. The summed E-state index contributed by atoms with van der Waals surface area (Å²) in [4.78, 5) is 0. The maximum Gasteiger partial charge on any atom is 0.113 e. The largest absolute Gasteiger partial charge is 0.468 e. The van der Waals surface area contributed by atoms with Crippen LogP contribution in [0.5, 0.6) is 0 Å². The van der Waals surface area contributed by atoms with Gasteiger partial charge in [0.1, 0.15) is 11.3 Å². The molecule has 0 spiro atoms. The third kappa shape index (κ3) is 3.30. The predicted molar refractivity (Wildman–Crippen MR) is 74.3 cm³/mol. The SMILES string of the molecule is CCCNC1(C#N)CCC(SCc2ccco2)C1. The molecule has 0 amide bonds. The average molecular weight is 264 g/mol. The van der Waals surface area contributed by atoms with E-state index in [1.807, 2.05) is 23.9 Å². The van der Waals surface area contributed by atoms with Crippen molar-refractivity contribution < 1.29 is 4.42 Å². The first kappa shape index (κ1) is 13.5. The Bertz CT molecular complexity index is 398. The van der Waals surface area contributed by atoms with Gasteiger partial charge >= 0.3 is 0 Å². The zero-order valence-electron chi connectivity index (χ0n) is 10.8. The molecule has 2 atom stereocenters. The normalized spacial score (nSPS) is 27.2. The van der Waals surface area contributed by atoms with Gasteiger partial charge in [-0.2, -0.15) is 17.0 Å². The molecule has 2 unspecified atom stereocenters. The molecule has 1 saturated carbocycles. The second-order valence-corrected chi connectivity index (χ2v) is 6.16. The second-order valence-electron chi connectivity index (χ2n) is 4.88. The molecular weight excluding hydrogens is 244 g/mol. The smallest absolute Gasteiger partial charge is 0.113 e. The van der Waals surface area contributed by atoms with Gasteiger partial charge in [0.15, 0.2) is 0 Å². The number of hydrogen-bond acceptors (Lipinski definition) is 4. The molecule has 3 nitrogen and oxygen atoms in total. The molecule has 0 bridgehead atoms. The molecule has 18 heavy (non-hydrogen) atoms. The van der Waals surface area contributed by atoms with E-state index in [0.717, 1.165) is 43.7 Å². The number of nitrogens with one attached hydrogen (secondary N) is 1. The minimum atomic E-state index is -0.281. The monoisotopic (exact) mass is 264 g/mol. The number of furan rings is 1.